The number of carbonyl (C=O) groups excluding carboxylic acids is 2. The Bertz CT molecular complexity index is 1040. The number of hydrogen-bond donors (Lipinski definition) is 2. The van der Waals surface area contributed by atoms with Crippen LogP contribution in [0.1, 0.15) is 28.8 Å². The van der Waals surface area contributed by atoms with Crippen LogP contribution in [0.5, 0.6) is 0 Å². The fourth-order valence-electron chi connectivity index (χ4n) is 2.96. The van der Waals surface area contributed by atoms with Gasteiger partial charge in [0.2, 0.25) is 15.9 Å². The van der Waals surface area contributed by atoms with Gasteiger partial charge in [-0.15, -0.1) is 0 Å². The van der Waals surface area contributed by atoms with Crippen molar-refractivity contribution in [2.45, 2.75) is 24.2 Å². The van der Waals surface area contributed by atoms with Crippen LogP contribution in [0.3, 0.4) is 0 Å². The zero-order valence-corrected chi connectivity index (χ0v) is 17.6. The fraction of sp³-hybridized carbons (Fsp3) is 0.263. The van der Waals surface area contributed by atoms with Gasteiger partial charge in [0.15, 0.2) is 0 Å². The van der Waals surface area contributed by atoms with Crippen molar-refractivity contribution >= 4 is 45.0 Å². The molecular weight excluding hydrogens is 437 g/mol. The van der Waals surface area contributed by atoms with Crippen molar-refractivity contribution in [2.24, 2.45) is 0 Å². The topological polar surface area (TPSA) is 95.6 Å². The molecule has 29 heavy (non-hydrogen) atoms. The van der Waals surface area contributed by atoms with E-state index in [1.807, 2.05) is 0 Å². The molecule has 10 heteroatoms. The second-order valence-electron chi connectivity index (χ2n) is 6.55. The van der Waals surface area contributed by atoms with Crippen molar-refractivity contribution in [3.05, 3.63) is 63.6 Å². The Morgan fingerprint density at radius 2 is 1.72 bits per heavy atom. The van der Waals surface area contributed by atoms with Crippen LogP contribution in [0, 0.1) is 0 Å². The first-order valence-electron chi connectivity index (χ1n) is 8.91. The van der Waals surface area contributed by atoms with Crippen molar-refractivity contribution in [3.63, 3.8) is 0 Å². The summed E-state index contributed by atoms with van der Waals surface area (Å²) in [6.45, 7) is 0.949. The van der Waals surface area contributed by atoms with Crippen LogP contribution in [0.25, 0.3) is 0 Å². The quantitative estimate of drug-likeness (QED) is 0.677. The second kappa shape index (κ2) is 9.13. The van der Waals surface area contributed by atoms with E-state index in [-0.39, 0.29) is 16.9 Å². The van der Waals surface area contributed by atoms with Gasteiger partial charge in [-0.3, -0.25) is 20.4 Å². The normalized spacial score (nSPS) is 14.6. The molecule has 7 nitrogen and oxygen atoms in total. The number of hydrogen-bond acceptors (Lipinski definition) is 4. The number of benzene rings is 2. The van der Waals surface area contributed by atoms with E-state index in [0.717, 1.165) is 12.8 Å². The van der Waals surface area contributed by atoms with Crippen LogP contribution in [0.2, 0.25) is 10.0 Å². The minimum absolute atomic E-state index is 0.0475. The highest BCUT2D eigenvalue weighted by molar-refractivity contribution is 7.89. The number of sulfonamides is 1. The van der Waals surface area contributed by atoms with Crippen molar-refractivity contribution in [1.82, 2.24) is 15.2 Å². The minimum Gasteiger partial charge on any atom is -0.273 e. The maximum Gasteiger partial charge on any atom is 0.269 e. The van der Waals surface area contributed by atoms with E-state index in [9.17, 15) is 18.0 Å². The molecule has 2 N–H and O–H groups in total. The number of nitrogens with zero attached hydrogens (tertiary/aromatic N) is 1. The molecule has 0 bridgehead atoms. The Morgan fingerprint density at radius 1 is 1.00 bits per heavy atom. The minimum atomic E-state index is -3.63. The summed E-state index contributed by atoms with van der Waals surface area (Å²) < 4.78 is 26.7. The molecule has 1 aliphatic heterocycles. The zero-order valence-electron chi connectivity index (χ0n) is 15.3. The zero-order chi connectivity index (χ0) is 21.0. The molecule has 0 unspecified atom stereocenters. The molecule has 1 heterocycles. The molecule has 1 aliphatic rings. The Kier molecular flexibility index (Phi) is 6.79. The van der Waals surface area contributed by atoms with Crippen LogP contribution < -0.4 is 10.9 Å². The van der Waals surface area contributed by atoms with Gasteiger partial charge in [0.1, 0.15) is 0 Å². The molecular formula is C19H19Cl2N3O4S. The maximum atomic E-state index is 12.6. The van der Waals surface area contributed by atoms with E-state index in [4.69, 9.17) is 23.2 Å². The van der Waals surface area contributed by atoms with Crippen LogP contribution >= 0.6 is 23.2 Å². The average Bonchev–Trinajstić information content (AvgIpc) is 3.24. The molecule has 3 rings (SSSR count). The van der Waals surface area contributed by atoms with Crippen molar-refractivity contribution in [1.29, 1.82) is 0 Å². The van der Waals surface area contributed by atoms with Gasteiger partial charge >= 0.3 is 0 Å². The highest BCUT2D eigenvalue weighted by atomic mass is 35.5. The lowest BCUT2D eigenvalue weighted by Gasteiger charge is -2.16. The molecule has 0 aliphatic carbocycles. The first-order chi connectivity index (χ1) is 13.8. The number of amides is 2. The Balaban J connectivity index is 1.63. The number of carbonyl (C=O) groups is 2. The second-order valence-corrected chi connectivity index (χ2v) is 9.34. The molecule has 0 saturated carbocycles. The first kappa shape index (κ1) is 21.6. The van der Waals surface area contributed by atoms with Crippen molar-refractivity contribution in [3.8, 4) is 0 Å². The number of rotatable bonds is 5. The summed E-state index contributed by atoms with van der Waals surface area (Å²) in [6, 6.07) is 10.5. The summed E-state index contributed by atoms with van der Waals surface area (Å²) in [4.78, 5) is 24.4. The first-order valence-corrected chi connectivity index (χ1v) is 11.1. The molecule has 0 spiro atoms. The average molecular weight is 456 g/mol. The highest BCUT2D eigenvalue weighted by Crippen LogP contribution is 2.22. The van der Waals surface area contributed by atoms with Gasteiger partial charge in [-0.2, -0.15) is 4.31 Å². The van der Waals surface area contributed by atoms with Gasteiger partial charge in [0, 0.05) is 28.7 Å². The van der Waals surface area contributed by atoms with E-state index in [1.54, 1.807) is 12.1 Å². The van der Waals surface area contributed by atoms with Crippen LogP contribution in [0.4, 0.5) is 0 Å². The summed E-state index contributed by atoms with van der Waals surface area (Å²) in [7, 11) is -3.63. The highest BCUT2D eigenvalue weighted by Gasteiger charge is 2.27. The fourth-order valence-corrected chi connectivity index (χ4v) is 4.99. The van der Waals surface area contributed by atoms with Crippen LogP contribution in [0.15, 0.2) is 47.4 Å². The SMILES string of the molecule is O=C(Cc1ccc(Cl)cc1Cl)NNC(=O)c1cccc(S(=O)(=O)N2CCCC2)c1. The summed E-state index contributed by atoms with van der Waals surface area (Å²) in [5.41, 5.74) is 5.25. The Morgan fingerprint density at radius 3 is 2.41 bits per heavy atom. The van der Waals surface area contributed by atoms with E-state index >= 15 is 0 Å². The third-order valence-electron chi connectivity index (χ3n) is 4.48. The standard InChI is InChI=1S/C19H19Cl2N3O4S/c20-15-7-6-13(17(21)12-15)11-18(25)22-23-19(26)14-4-3-5-16(10-14)29(27,28)24-8-1-2-9-24/h3-7,10,12H,1-2,8-9,11H2,(H,22,25)(H,23,26). The van der Waals surface area contributed by atoms with Gasteiger partial charge < -0.3 is 0 Å². The lowest BCUT2D eigenvalue weighted by Crippen LogP contribution is -2.42. The van der Waals surface area contributed by atoms with E-state index in [0.29, 0.717) is 28.7 Å². The summed E-state index contributed by atoms with van der Waals surface area (Å²) >= 11 is 11.9. The monoisotopic (exact) mass is 455 g/mol. The Labute approximate surface area is 179 Å². The van der Waals surface area contributed by atoms with E-state index < -0.39 is 21.8 Å². The van der Waals surface area contributed by atoms with Gasteiger partial charge in [-0.25, -0.2) is 8.42 Å². The predicted octanol–water partition coefficient (Wildman–Crippen LogP) is 2.78. The van der Waals surface area contributed by atoms with Gasteiger partial charge in [0.25, 0.3) is 5.91 Å². The molecule has 1 saturated heterocycles. The molecule has 2 aromatic rings. The maximum absolute atomic E-state index is 12.6. The molecule has 2 aromatic carbocycles. The Hall–Kier alpha value is -2.13. The molecule has 0 radical (unpaired) electrons. The van der Waals surface area contributed by atoms with E-state index in [2.05, 4.69) is 10.9 Å². The van der Waals surface area contributed by atoms with Crippen molar-refractivity contribution in [2.75, 3.05) is 13.1 Å². The molecule has 0 atom stereocenters. The smallest absolute Gasteiger partial charge is 0.269 e. The number of halogens is 2. The third-order valence-corrected chi connectivity index (χ3v) is 6.96. The number of nitrogens with one attached hydrogen (secondary N) is 2. The molecule has 0 aromatic heterocycles. The molecule has 154 valence electrons. The van der Waals surface area contributed by atoms with Gasteiger partial charge in [-0.1, -0.05) is 35.3 Å². The summed E-state index contributed by atoms with van der Waals surface area (Å²) in [6.07, 6.45) is 1.59. The third kappa shape index (κ3) is 5.27. The van der Waals surface area contributed by atoms with Crippen LogP contribution in [-0.2, 0) is 21.2 Å². The van der Waals surface area contributed by atoms with E-state index in [1.165, 1.54) is 34.6 Å². The number of hydrazine groups is 1. The molecule has 1 fully saturated rings. The van der Waals surface area contributed by atoms with Crippen molar-refractivity contribution < 1.29 is 18.0 Å². The van der Waals surface area contributed by atoms with Gasteiger partial charge in [-0.05, 0) is 48.7 Å². The van der Waals surface area contributed by atoms with Gasteiger partial charge in [0.05, 0.1) is 11.3 Å². The lowest BCUT2D eigenvalue weighted by molar-refractivity contribution is -0.121. The largest absolute Gasteiger partial charge is 0.273 e. The summed E-state index contributed by atoms with van der Waals surface area (Å²) in [5, 5.41) is 0.801. The molecule has 2 amide bonds. The lowest BCUT2D eigenvalue weighted by atomic mass is 10.1. The summed E-state index contributed by atoms with van der Waals surface area (Å²) in [5.74, 6) is -1.11. The predicted molar refractivity (Wildman–Crippen MR) is 110 cm³/mol. The van der Waals surface area contributed by atoms with Crippen LogP contribution in [-0.4, -0.2) is 37.6 Å².